The molecule has 0 aliphatic carbocycles. The highest BCUT2D eigenvalue weighted by molar-refractivity contribution is 6.10. The van der Waals surface area contributed by atoms with Crippen molar-refractivity contribution < 1.29 is 14.4 Å². The molecule has 0 fully saturated rings. The maximum absolute atomic E-state index is 12.6. The first-order valence-corrected chi connectivity index (χ1v) is 7.90. The van der Waals surface area contributed by atoms with Crippen LogP contribution in [-0.4, -0.2) is 38.8 Å². The Morgan fingerprint density at radius 3 is 2.52 bits per heavy atom. The standard InChI is InChI=1S/C17H17N7O3/c18-17(19)24-15(26)12-5-4-11(23-12)13(25)9-2-1-3-10(8-9)22-16(27)14-20-6-7-21-14/h1-8,17,23H,18-19H2,(H,20,21)(H,22,27)(H,24,26). The number of anilines is 1. The Kier molecular flexibility index (Phi) is 5.11. The van der Waals surface area contributed by atoms with E-state index in [1.165, 1.54) is 30.6 Å². The lowest BCUT2D eigenvalue weighted by Crippen LogP contribution is -2.48. The average Bonchev–Trinajstić information content (AvgIpc) is 3.32. The van der Waals surface area contributed by atoms with Crippen LogP contribution in [0.1, 0.15) is 37.2 Å². The summed E-state index contributed by atoms with van der Waals surface area (Å²) < 4.78 is 0. The van der Waals surface area contributed by atoms with E-state index in [4.69, 9.17) is 11.5 Å². The van der Waals surface area contributed by atoms with Crippen molar-refractivity contribution in [3.63, 3.8) is 0 Å². The number of H-pyrrole nitrogens is 2. The number of hydrogen-bond acceptors (Lipinski definition) is 6. The number of carbonyl (C=O) groups is 3. The van der Waals surface area contributed by atoms with Gasteiger partial charge in [-0.1, -0.05) is 12.1 Å². The summed E-state index contributed by atoms with van der Waals surface area (Å²) in [6, 6.07) is 9.34. The van der Waals surface area contributed by atoms with Gasteiger partial charge in [-0.25, -0.2) is 4.98 Å². The molecule has 10 nitrogen and oxygen atoms in total. The van der Waals surface area contributed by atoms with Gasteiger partial charge in [-0.05, 0) is 24.3 Å². The number of nitrogens with one attached hydrogen (secondary N) is 4. The van der Waals surface area contributed by atoms with Crippen LogP contribution in [0.2, 0.25) is 0 Å². The van der Waals surface area contributed by atoms with E-state index in [-0.39, 0.29) is 23.0 Å². The van der Waals surface area contributed by atoms with E-state index in [0.717, 1.165) is 0 Å². The second-order valence-electron chi connectivity index (χ2n) is 5.59. The SMILES string of the molecule is NC(N)NC(=O)c1ccc(C(=O)c2cccc(NC(=O)c3ncc[nH]3)c2)[nH]1. The van der Waals surface area contributed by atoms with Crippen molar-refractivity contribution in [3.05, 3.63) is 71.6 Å². The lowest BCUT2D eigenvalue weighted by molar-refractivity contribution is 0.0934. The number of nitrogens with zero attached hydrogens (tertiary/aromatic N) is 1. The van der Waals surface area contributed by atoms with E-state index in [1.807, 2.05) is 0 Å². The molecular weight excluding hydrogens is 350 g/mol. The van der Waals surface area contributed by atoms with Gasteiger partial charge in [0.15, 0.2) is 5.82 Å². The summed E-state index contributed by atoms with van der Waals surface area (Å²) in [7, 11) is 0. The van der Waals surface area contributed by atoms with Crippen LogP contribution in [0.4, 0.5) is 5.69 Å². The maximum Gasteiger partial charge on any atom is 0.291 e. The van der Waals surface area contributed by atoms with Crippen LogP contribution >= 0.6 is 0 Å². The highest BCUT2D eigenvalue weighted by Gasteiger charge is 2.16. The number of hydrogen-bond donors (Lipinski definition) is 6. The number of rotatable bonds is 6. The first-order valence-electron chi connectivity index (χ1n) is 7.90. The fourth-order valence-corrected chi connectivity index (χ4v) is 2.36. The van der Waals surface area contributed by atoms with Gasteiger partial charge in [0.25, 0.3) is 11.8 Å². The molecule has 0 aliphatic heterocycles. The molecule has 2 amide bonds. The maximum atomic E-state index is 12.6. The van der Waals surface area contributed by atoms with Crippen molar-refractivity contribution in [2.75, 3.05) is 5.32 Å². The molecule has 0 atom stereocenters. The Bertz CT molecular complexity index is 976. The number of aromatic nitrogens is 3. The molecular formula is C17H17N7O3. The molecule has 10 heteroatoms. The fraction of sp³-hybridized carbons (Fsp3) is 0.0588. The van der Waals surface area contributed by atoms with Crippen LogP contribution in [0, 0.1) is 0 Å². The molecule has 2 aromatic heterocycles. The van der Waals surface area contributed by atoms with Gasteiger partial charge in [-0.2, -0.15) is 0 Å². The van der Waals surface area contributed by atoms with Gasteiger partial charge >= 0.3 is 0 Å². The number of imidazole rings is 1. The minimum absolute atomic E-state index is 0.154. The Morgan fingerprint density at radius 1 is 1.04 bits per heavy atom. The van der Waals surface area contributed by atoms with Gasteiger partial charge in [0, 0.05) is 23.6 Å². The van der Waals surface area contributed by atoms with Crippen molar-refractivity contribution >= 4 is 23.3 Å². The van der Waals surface area contributed by atoms with E-state index < -0.39 is 18.1 Å². The molecule has 3 rings (SSSR count). The highest BCUT2D eigenvalue weighted by Crippen LogP contribution is 2.15. The minimum atomic E-state index is -1.01. The largest absolute Gasteiger partial charge is 0.348 e. The molecule has 0 aliphatic rings. The normalized spacial score (nSPS) is 10.6. The van der Waals surface area contributed by atoms with Crippen LogP contribution in [-0.2, 0) is 0 Å². The summed E-state index contributed by atoms with van der Waals surface area (Å²) in [5.41, 5.74) is 11.7. The van der Waals surface area contributed by atoms with E-state index in [2.05, 4.69) is 25.6 Å². The number of nitrogens with two attached hydrogens (primary N) is 2. The molecule has 0 spiro atoms. The molecule has 0 radical (unpaired) electrons. The molecule has 0 saturated heterocycles. The number of aromatic amines is 2. The predicted octanol–water partition coefficient (Wildman–Crippen LogP) is 0.152. The Labute approximate surface area is 153 Å². The topological polar surface area (TPSA) is 172 Å². The number of benzene rings is 1. The molecule has 2 heterocycles. The lowest BCUT2D eigenvalue weighted by atomic mass is 10.1. The molecule has 1 aromatic carbocycles. The van der Waals surface area contributed by atoms with E-state index in [1.54, 1.807) is 18.2 Å². The summed E-state index contributed by atoms with van der Waals surface area (Å²) >= 11 is 0. The van der Waals surface area contributed by atoms with Crippen LogP contribution in [0.25, 0.3) is 0 Å². The smallest absolute Gasteiger partial charge is 0.291 e. The van der Waals surface area contributed by atoms with Gasteiger partial charge in [0.2, 0.25) is 5.78 Å². The Balaban J connectivity index is 1.75. The monoisotopic (exact) mass is 367 g/mol. The predicted molar refractivity (Wildman–Crippen MR) is 96.8 cm³/mol. The summed E-state index contributed by atoms with van der Waals surface area (Å²) in [4.78, 5) is 45.8. The highest BCUT2D eigenvalue weighted by atomic mass is 16.2. The summed E-state index contributed by atoms with van der Waals surface area (Å²) in [5, 5.41) is 4.96. The zero-order chi connectivity index (χ0) is 19.4. The number of amides is 2. The second kappa shape index (κ2) is 7.64. The second-order valence-corrected chi connectivity index (χ2v) is 5.59. The van der Waals surface area contributed by atoms with E-state index in [9.17, 15) is 14.4 Å². The third-order valence-electron chi connectivity index (χ3n) is 3.57. The first kappa shape index (κ1) is 18.0. The molecule has 3 aromatic rings. The van der Waals surface area contributed by atoms with Crippen molar-refractivity contribution in [2.24, 2.45) is 11.5 Å². The quantitative estimate of drug-likeness (QED) is 0.267. The average molecular weight is 367 g/mol. The fourth-order valence-electron chi connectivity index (χ4n) is 2.36. The summed E-state index contributed by atoms with van der Waals surface area (Å²) in [5.74, 6) is -1.14. The molecule has 0 bridgehead atoms. The van der Waals surface area contributed by atoms with Crippen molar-refractivity contribution in [3.8, 4) is 0 Å². The Hall–Kier alpha value is -3.76. The number of ketones is 1. The molecule has 0 unspecified atom stereocenters. The third-order valence-corrected chi connectivity index (χ3v) is 3.57. The third kappa shape index (κ3) is 4.26. The molecule has 138 valence electrons. The van der Waals surface area contributed by atoms with Gasteiger partial charge in [-0.3, -0.25) is 25.9 Å². The van der Waals surface area contributed by atoms with Crippen molar-refractivity contribution in [1.29, 1.82) is 0 Å². The van der Waals surface area contributed by atoms with Crippen LogP contribution in [0.15, 0.2) is 48.8 Å². The van der Waals surface area contributed by atoms with Crippen LogP contribution in [0.3, 0.4) is 0 Å². The molecule has 8 N–H and O–H groups in total. The van der Waals surface area contributed by atoms with Crippen molar-refractivity contribution in [2.45, 2.75) is 6.29 Å². The van der Waals surface area contributed by atoms with Crippen molar-refractivity contribution in [1.82, 2.24) is 20.3 Å². The zero-order valence-electron chi connectivity index (χ0n) is 14.0. The van der Waals surface area contributed by atoms with Crippen LogP contribution < -0.4 is 22.1 Å². The lowest BCUT2D eigenvalue weighted by Gasteiger charge is -2.07. The van der Waals surface area contributed by atoms with Crippen LogP contribution in [0.5, 0.6) is 0 Å². The molecule has 27 heavy (non-hydrogen) atoms. The summed E-state index contributed by atoms with van der Waals surface area (Å²) in [6.07, 6.45) is 1.99. The van der Waals surface area contributed by atoms with Gasteiger partial charge in [0.1, 0.15) is 12.0 Å². The summed E-state index contributed by atoms with van der Waals surface area (Å²) in [6.45, 7) is 0. The van der Waals surface area contributed by atoms with Gasteiger partial charge in [-0.15, -0.1) is 0 Å². The minimum Gasteiger partial charge on any atom is -0.348 e. The van der Waals surface area contributed by atoms with Gasteiger partial charge < -0.3 is 20.6 Å². The first-order chi connectivity index (χ1) is 12.9. The Morgan fingerprint density at radius 2 is 1.81 bits per heavy atom. The molecule has 0 saturated carbocycles. The van der Waals surface area contributed by atoms with E-state index >= 15 is 0 Å². The zero-order valence-corrected chi connectivity index (χ0v) is 14.0. The number of carbonyl (C=O) groups excluding carboxylic acids is 3. The van der Waals surface area contributed by atoms with E-state index in [0.29, 0.717) is 11.3 Å². The van der Waals surface area contributed by atoms with Gasteiger partial charge in [0.05, 0.1) is 5.69 Å².